The van der Waals surface area contributed by atoms with Crippen LogP contribution in [0.1, 0.15) is 24.8 Å². The van der Waals surface area contributed by atoms with Gasteiger partial charge in [-0.15, -0.1) is 0 Å². The molecule has 120 valence electrons. The van der Waals surface area contributed by atoms with E-state index in [4.69, 9.17) is 4.74 Å². The summed E-state index contributed by atoms with van der Waals surface area (Å²) in [6.07, 6.45) is 7.58. The molecule has 1 aromatic carbocycles. The van der Waals surface area contributed by atoms with Crippen molar-refractivity contribution in [3.63, 3.8) is 0 Å². The van der Waals surface area contributed by atoms with Crippen LogP contribution >= 0.6 is 0 Å². The van der Waals surface area contributed by atoms with E-state index in [2.05, 4.69) is 22.0 Å². The lowest BCUT2D eigenvalue weighted by Gasteiger charge is -2.35. The second-order valence-corrected chi connectivity index (χ2v) is 6.59. The maximum Gasteiger partial charge on any atom is 0.123 e. The Bertz CT molecular complexity index is 646. The maximum absolute atomic E-state index is 13.0. The van der Waals surface area contributed by atoms with Crippen LogP contribution in [0.5, 0.6) is 5.75 Å². The monoisotopic (exact) mass is 312 g/mol. The number of likely N-dealkylation sites (tertiary alicyclic amines) is 1. The smallest absolute Gasteiger partial charge is 0.123 e. The molecule has 0 N–H and O–H groups in total. The summed E-state index contributed by atoms with van der Waals surface area (Å²) in [7, 11) is 0. The predicted octanol–water partition coefficient (Wildman–Crippen LogP) is 3.65. The highest BCUT2D eigenvalue weighted by Crippen LogP contribution is 2.43. The first kappa shape index (κ1) is 14.6. The standard InChI is InChI=1S/C19H21FN2O/c20-16-2-5-18(6-3-16)23-13-19-15-1-4-17(11-15)22(19)12-14-7-9-21-10-8-14/h2-3,5-10,15,17,19H,1,4,11-13H2/t15-,17-,19-/m1/s1. The van der Waals surface area contributed by atoms with Crippen molar-refractivity contribution in [1.82, 2.24) is 9.88 Å². The molecule has 0 amide bonds. The van der Waals surface area contributed by atoms with Crippen LogP contribution in [0.25, 0.3) is 0 Å². The summed E-state index contributed by atoms with van der Waals surface area (Å²) < 4.78 is 18.9. The zero-order chi connectivity index (χ0) is 15.6. The molecule has 1 saturated carbocycles. The van der Waals surface area contributed by atoms with E-state index < -0.39 is 0 Å². The highest BCUT2D eigenvalue weighted by Gasteiger charge is 2.45. The quantitative estimate of drug-likeness (QED) is 0.842. The van der Waals surface area contributed by atoms with Gasteiger partial charge in [-0.2, -0.15) is 0 Å². The minimum absolute atomic E-state index is 0.225. The van der Waals surface area contributed by atoms with E-state index in [1.807, 2.05) is 12.4 Å². The van der Waals surface area contributed by atoms with Gasteiger partial charge in [0.25, 0.3) is 0 Å². The summed E-state index contributed by atoms with van der Waals surface area (Å²) in [4.78, 5) is 6.69. The van der Waals surface area contributed by atoms with Gasteiger partial charge in [0.1, 0.15) is 18.2 Å². The minimum Gasteiger partial charge on any atom is -0.492 e. The van der Waals surface area contributed by atoms with Crippen LogP contribution in [0, 0.1) is 11.7 Å². The second-order valence-electron chi connectivity index (χ2n) is 6.59. The van der Waals surface area contributed by atoms with Crippen LogP contribution in [0.2, 0.25) is 0 Å². The number of hydrogen-bond donors (Lipinski definition) is 0. The zero-order valence-corrected chi connectivity index (χ0v) is 13.1. The molecule has 2 bridgehead atoms. The summed E-state index contributed by atoms with van der Waals surface area (Å²) in [6, 6.07) is 11.6. The lowest BCUT2D eigenvalue weighted by Crippen LogP contribution is -2.43. The Hall–Kier alpha value is -1.94. The molecule has 2 heterocycles. The molecule has 2 aromatic rings. The third-order valence-electron chi connectivity index (χ3n) is 5.23. The molecule has 1 aliphatic heterocycles. The molecule has 4 rings (SSSR count). The molecule has 23 heavy (non-hydrogen) atoms. The summed E-state index contributed by atoms with van der Waals surface area (Å²) in [5, 5.41) is 0. The SMILES string of the molecule is Fc1ccc(OC[C@@H]2[C@@H]3CC[C@H](C3)N2Cc2ccncc2)cc1. The maximum atomic E-state index is 13.0. The average Bonchev–Trinajstić information content (AvgIpc) is 3.17. The third-order valence-corrected chi connectivity index (χ3v) is 5.23. The first-order chi connectivity index (χ1) is 11.3. The third kappa shape index (κ3) is 3.08. The summed E-state index contributed by atoms with van der Waals surface area (Å²) >= 11 is 0. The number of nitrogens with zero attached hydrogens (tertiary/aromatic N) is 2. The molecule has 0 unspecified atom stereocenters. The van der Waals surface area contributed by atoms with Crippen molar-refractivity contribution in [2.45, 2.75) is 37.9 Å². The molecular weight excluding hydrogens is 291 g/mol. The zero-order valence-electron chi connectivity index (χ0n) is 13.1. The van der Waals surface area contributed by atoms with Crippen molar-refractivity contribution in [3.05, 3.63) is 60.2 Å². The Morgan fingerprint density at radius 1 is 1.09 bits per heavy atom. The van der Waals surface area contributed by atoms with Gasteiger partial charge < -0.3 is 4.74 Å². The van der Waals surface area contributed by atoms with Crippen LogP contribution in [0.15, 0.2) is 48.8 Å². The van der Waals surface area contributed by atoms with Crippen LogP contribution < -0.4 is 4.74 Å². The molecule has 2 aliphatic rings. The molecule has 1 aliphatic carbocycles. The fourth-order valence-electron chi connectivity index (χ4n) is 4.07. The normalized spacial score (nSPS) is 26.6. The molecule has 2 fully saturated rings. The van der Waals surface area contributed by atoms with E-state index in [0.717, 1.165) is 18.2 Å². The highest BCUT2D eigenvalue weighted by atomic mass is 19.1. The highest BCUT2D eigenvalue weighted by molar-refractivity contribution is 5.22. The molecule has 3 nitrogen and oxygen atoms in total. The Morgan fingerprint density at radius 2 is 1.87 bits per heavy atom. The van der Waals surface area contributed by atoms with E-state index in [1.165, 1.54) is 37.0 Å². The van der Waals surface area contributed by atoms with Crippen molar-refractivity contribution in [2.75, 3.05) is 6.61 Å². The predicted molar refractivity (Wildman–Crippen MR) is 86.6 cm³/mol. The molecule has 4 heteroatoms. The lowest BCUT2D eigenvalue weighted by molar-refractivity contribution is 0.0867. The second kappa shape index (κ2) is 6.28. The number of rotatable bonds is 5. The van der Waals surface area contributed by atoms with Crippen LogP contribution in [-0.2, 0) is 6.54 Å². The largest absolute Gasteiger partial charge is 0.492 e. The lowest BCUT2D eigenvalue weighted by atomic mass is 9.99. The van der Waals surface area contributed by atoms with Crippen molar-refractivity contribution in [2.24, 2.45) is 5.92 Å². The summed E-state index contributed by atoms with van der Waals surface area (Å²) in [6.45, 7) is 1.64. The minimum atomic E-state index is -0.225. The van der Waals surface area contributed by atoms with Gasteiger partial charge in [-0.1, -0.05) is 0 Å². The van der Waals surface area contributed by atoms with Crippen LogP contribution in [0.3, 0.4) is 0 Å². The average molecular weight is 312 g/mol. The van der Waals surface area contributed by atoms with Crippen molar-refractivity contribution in [1.29, 1.82) is 0 Å². The first-order valence-corrected chi connectivity index (χ1v) is 8.32. The fourth-order valence-corrected chi connectivity index (χ4v) is 4.07. The Morgan fingerprint density at radius 3 is 2.65 bits per heavy atom. The van der Waals surface area contributed by atoms with Gasteiger partial charge in [0.05, 0.1) is 0 Å². The summed E-state index contributed by atoms with van der Waals surface area (Å²) in [5.41, 5.74) is 1.30. The Kier molecular flexibility index (Phi) is 4.00. The topological polar surface area (TPSA) is 25.4 Å². The molecule has 1 saturated heterocycles. The van der Waals surface area contributed by atoms with Crippen molar-refractivity contribution < 1.29 is 9.13 Å². The molecule has 3 atom stereocenters. The van der Waals surface area contributed by atoms with Gasteiger partial charge in [-0.05, 0) is 67.1 Å². The van der Waals surface area contributed by atoms with Crippen LogP contribution in [0.4, 0.5) is 4.39 Å². The Balaban J connectivity index is 1.44. The van der Waals surface area contributed by atoms with E-state index >= 15 is 0 Å². The number of halogens is 1. The summed E-state index contributed by atoms with van der Waals surface area (Å²) in [5.74, 6) is 1.25. The Labute approximate surface area is 136 Å². The molecule has 0 spiro atoms. The number of fused-ring (bicyclic) bond motifs is 2. The number of pyridine rings is 1. The molecular formula is C19H21FN2O. The van der Waals surface area contributed by atoms with Gasteiger partial charge in [-0.3, -0.25) is 9.88 Å². The van der Waals surface area contributed by atoms with Gasteiger partial charge in [0.15, 0.2) is 0 Å². The van der Waals surface area contributed by atoms with Gasteiger partial charge in [0.2, 0.25) is 0 Å². The fraction of sp³-hybridized carbons (Fsp3) is 0.421. The number of aromatic nitrogens is 1. The van der Waals surface area contributed by atoms with Crippen molar-refractivity contribution >= 4 is 0 Å². The number of benzene rings is 1. The first-order valence-electron chi connectivity index (χ1n) is 8.32. The van der Waals surface area contributed by atoms with Crippen molar-refractivity contribution in [3.8, 4) is 5.75 Å². The molecule has 0 radical (unpaired) electrons. The van der Waals surface area contributed by atoms with Gasteiger partial charge in [0, 0.05) is 31.0 Å². The van der Waals surface area contributed by atoms with E-state index in [9.17, 15) is 4.39 Å². The number of ether oxygens (including phenoxy) is 1. The van der Waals surface area contributed by atoms with E-state index in [0.29, 0.717) is 18.7 Å². The van der Waals surface area contributed by atoms with E-state index in [-0.39, 0.29) is 5.82 Å². The van der Waals surface area contributed by atoms with Gasteiger partial charge >= 0.3 is 0 Å². The van der Waals surface area contributed by atoms with E-state index in [1.54, 1.807) is 12.1 Å². The molecule has 1 aromatic heterocycles. The van der Waals surface area contributed by atoms with Gasteiger partial charge in [-0.25, -0.2) is 4.39 Å². The number of piperidine rings is 1. The van der Waals surface area contributed by atoms with Crippen LogP contribution in [-0.4, -0.2) is 28.6 Å². The number of hydrogen-bond acceptors (Lipinski definition) is 3.